The third-order valence-electron chi connectivity index (χ3n) is 5.85. The normalized spacial score (nSPS) is 25.0. The van der Waals surface area contributed by atoms with Gasteiger partial charge in [-0.25, -0.2) is 4.79 Å². The first kappa shape index (κ1) is 17.0. The standard InChI is InChI=1S/C20H22N6O2/c1-20(12-28-19(27)24-20)15-8-5-9-25(11-15)17-10-16(14-6-3-2-4-7-14)26-18(23-17)21-13-22-26/h2-4,6-7,10,13,15H,5,8-9,11-12H2,1H3,(H,24,27). The van der Waals surface area contributed by atoms with Gasteiger partial charge >= 0.3 is 6.09 Å². The number of anilines is 1. The smallest absolute Gasteiger partial charge is 0.407 e. The number of carbonyl (C=O) groups is 1. The Labute approximate surface area is 162 Å². The second-order valence-corrected chi connectivity index (χ2v) is 7.74. The summed E-state index contributed by atoms with van der Waals surface area (Å²) in [6.45, 7) is 4.21. The SMILES string of the molecule is CC1(C2CCCN(c3cc(-c4ccccc4)n4ncnc4n3)C2)COC(=O)N1. The number of cyclic esters (lactones) is 1. The van der Waals surface area contributed by atoms with Gasteiger partial charge in [0, 0.05) is 30.6 Å². The molecule has 144 valence electrons. The summed E-state index contributed by atoms with van der Waals surface area (Å²) >= 11 is 0. The van der Waals surface area contributed by atoms with Crippen LogP contribution in [-0.4, -0.2) is 50.9 Å². The van der Waals surface area contributed by atoms with Crippen molar-refractivity contribution >= 4 is 17.7 Å². The molecular weight excluding hydrogens is 356 g/mol. The molecule has 28 heavy (non-hydrogen) atoms. The zero-order chi connectivity index (χ0) is 19.1. The molecule has 2 aliphatic heterocycles. The Kier molecular flexibility index (Phi) is 3.92. The fraction of sp³-hybridized carbons (Fsp3) is 0.400. The van der Waals surface area contributed by atoms with Crippen LogP contribution < -0.4 is 10.2 Å². The Hall–Kier alpha value is -3.16. The Bertz CT molecular complexity index is 1020. The van der Waals surface area contributed by atoms with Crippen molar-refractivity contribution in [1.29, 1.82) is 0 Å². The summed E-state index contributed by atoms with van der Waals surface area (Å²) in [7, 11) is 0. The lowest BCUT2D eigenvalue weighted by Gasteiger charge is -2.40. The molecule has 1 aromatic carbocycles. The summed E-state index contributed by atoms with van der Waals surface area (Å²) < 4.78 is 6.95. The van der Waals surface area contributed by atoms with Crippen molar-refractivity contribution in [2.75, 3.05) is 24.6 Å². The van der Waals surface area contributed by atoms with E-state index in [4.69, 9.17) is 9.72 Å². The lowest BCUT2D eigenvalue weighted by molar-refractivity contribution is 0.160. The predicted molar refractivity (Wildman–Crippen MR) is 104 cm³/mol. The summed E-state index contributed by atoms with van der Waals surface area (Å²) in [6, 6.07) is 12.2. The van der Waals surface area contributed by atoms with Crippen LogP contribution in [-0.2, 0) is 4.74 Å². The number of rotatable bonds is 3. The number of aromatic nitrogens is 4. The van der Waals surface area contributed by atoms with Gasteiger partial charge in [0.1, 0.15) is 18.8 Å². The van der Waals surface area contributed by atoms with Crippen molar-refractivity contribution in [1.82, 2.24) is 24.9 Å². The van der Waals surface area contributed by atoms with E-state index in [1.807, 2.05) is 18.2 Å². The highest BCUT2D eigenvalue weighted by molar-refractivity contribution is 5.71. The van der Waals surface area contributed by atoms with E-state index in [-0.39, 0.29) is 11.6 Å². The van der Waals surface area contributed by atoms with Gasteiger partial charge in [-0.05, 0) is 19.8 Å². The van der Waals surface area contributed by atoms with Gasteiger partial charge < -0.3 is 15.0 Å². The fourth-order valence-corrected chi connectivity index (χ4v) is 4.22. The van der Waals surface area contributed by atoms with Crippen molar-refractivity contribution in [3.8, 4) is 11.3 Å². The predicted octanol–water partition coefficient (Wildman–Crippen LogP) is 2.51. The van der Waals surface area contributed by atoms with Crippen LogP contribution in [0.5, 0.6) is 0 Å². The molecule has 3 aromatic rings. The molecule has 2 aromatic heterocycles. The zero-order valence-electron chi connectivity index (χ0n) is 15.7. The molecule has 8 nitrogen and oxygen atoms in total. The average molecular weight is 378 g/mol. The van der Waals surface area contributed by atoms with Crippen molar-refractivity contribution < 1.29 is 9.53 Å². The number of hydrogen-bond donors (Lipinski definition) is 1. The zero-order valence-corrected chi connectivity index (χ0v) is 15.7. The lowest BCUT2D eigenvalue weighted by atomic mass is 9.81. The molecule has 0 bridgehead atoms. The van der Waals surface area contributed by atoms with E-state index in [1.54, 1.807) is 4.52 Å². The first-order valence-electron chi connectivity index (χ1n) is 9.58. The molecule has 2 saturated heterocycles. The number of hydrogen-bond acceptors (Lipinski definition) is 6. The largest absolute Gasteiger partial charge is 0.447 e. The molecule has 1 N–H and O–H groups in total. The summed E-state index contributed by atoms with van der Waals surface area (Å²) in [5, 5.41) is 7.34. The average Bonchev–Trinajstić information content (AvgIpc) is 3.35. The maximum Gasteiger partial charge on any atom is 0.407 e. The van der Waals surface area contributed by atoms with E-state index in [1.165, 1.54) is 6.33 Å². The molecule has 8 heteroatoms. The number of nitrogens with zero attached hydrogens (tertiary/aromatic N) is 5. The molecule has 2 atom stereocenters. The van der Waals surface area contributed by atoms with Crippen LogP contribution in [0.3, 0.4) is 0 Å². The van der Waals surface area contributed by atoms with Crippen LogP contribution >= 0.6 is 0 Å². The molecule has 0 radical (unpaired) electrons. The van der Waals surface area contributed by atoms with Crippen molar-refractivity contribution in [3.63, 3.8) is 0 Å². The highest BCUT2D eigenvalue weighted by atomic mass is 16.6. The number of amides is 1. The fourth-order valence-electron chi connectivity index (χ4n) is 4.22. The molecule has 4 heterocycles. The maximum absolute atomic E-state index is 11.6. The monoisotopic (exact) mass is 378 g/mol. The van der Waals surface area contributed by atoms with E-state index >= 15 is 0 Å². The van der Waals surface area contributed by atoms with E-state index in [0.29, 0.717) is 18.3 Å². The quantitative estimate of drug-likeness (QED) is 0.754. The minimum atomic E-state index is -0.336. The van der Waals surface area contributed by atoms with Crippen LogP contribution in [0.2, 0.25) is 0 Å². The molecule has 0 aliphatic carbocycles. The minimum Gasteiger partial charge on any atom is -0.447 e. The van der Waals surface area contributed by atoms with Gasteiger partial charge in [0.15, 0.2) is 0 Å². The van der Waals surface area contributed by atoms with Crippen LogP contribution in [0.1, 0.15) is 19.8 Å². The second kappa shape index (κ2) is 6.47. The van der Waals surface area contributed by atoms with Crippen LogP contribution in [0.4, 0.5) is 10.6 Å². The molecule has 2 fully saturated rings. The highest BCUT2D eigenvalue weighted by Gasteiger charge is 2.43. The molecule has 2 unspecified atom stereocenters. The van der Waals surface area contributed by atoms with Crippen LogP contribution in [0.25, 0.3) is 17.0 Å². The number of fused-ring (bicyclic) bond motifs is 1. The molecule has 1 amide bonds. The topological polar surface area (TPSA) is 84.7 Å². The lowest BCUT2D eigenvalue weighted by Crippen LogP contribution is -2.53. The van der Waals surface area contributed by atoms with Crippen molar-refractivity contribution in [2.45, 2.75) is 25.3 Å². The van der Waals surface area contributed by atoms with E-state index in [2.05, 4.69) is 45.4 Å². The first-order chi connectivity index (χ1) is 13.6. The van der Waals surface area contributed by atoms with Gasteiger partial charge in [-0.3, -0.25) is 0 Å². The van der Waals surface area contributed by atoms with Crippen molar-refractivity contribution in [3.05, 3.63) is 42.7 Å². The van der Waals surface area contributed by atoms with Crippen LogP contribution in [0.15, 0.2) is 42.7 Å². The van der Waals surface area contributed by atoms with Gasteiger partial charge in [-0.2, -0.15) is 19.6 Å². The third kappa shape index (κ3) is 2.85. The number of carbonyl (C=O) groups excluding carboxylic acids is 1. The molecule has 0 saturated carbocycles. The second-order valence-electron chi connectivity index (χ2n) is 7.74. The molecule has 2 aliphatic rings. The third-order valence-corrected chi connectivity index (χ3v) is 5.85. The maximum atomic E-state index is 11.6. The van der Waals surface area contributed by atoms with E-state index < -0.39 is 0 Å². The van der Waals surface area contributed by atoms with Crippen molar-refractivity contribution in [2.24, 2.45) is 5.92 Å². The Morgan fingerprint density at radius 3 is 2.93 bits per heavy atom. The number of nitrogens with one attached hydrogen (secondary N) is 1. The summed E-state index contributed by atoms with van der Waals surface area (Å²) in [5.74, 6) is 1.77. The molecule has 0 spiro atoms. The van der Waals surface area contributed by atoms with Gasteiger partial charge in [-0.15, -0.1) is 0 Å². The number of alkyl carbamates (subject to hydrolysis) is 1. The number of piperidine rings is 1. The highest BCUT2D eigenvalue weighted by Crippen LogP contribution is 2.33. The number of ether oxygens (including phenoxy) is 1. The molecular formula is C20H22N6O2. The molecule has 5 rings (SSSR count). The van der Waals surface area contributed by atoms with Gasteiger partial charge in [-0.1, -0.05) is 30.3 Å². The summed E-state index contributed by atoms with van der Waals surface area (Å²) in [5.41, 5.74) is 1.69. The summed E-state index contributed by atoms with van der Waals surface area (Å²) in [6.07, 6.45) is 3.30. The Morgan fingerprint density at radius 2 is 2.14 bits per heavy atom. The van der Waals surface area contributed by atoms with Gasteiger partial charge in [0.25, 0.3) is 5.78 Å². The summed E-state index contributed by atoms with van der Waals surface area (Å²) in [4.78, 5) is 22.9. The Balaban J connectivity index is 1.50. The Morgan fingerprint density at radius 1 is 1.29 bits per heavy atom. The van der Waals surface area contributed by atoms with E-state index in [0.717, 1.165) is 43.0 Å². The minimum absolute atomic E-state index is 0.295. The number of benzene rings is 1. The van der Waals surface area contributed by atoms with Gasteiger partial charge in [0.05, 0.1) is 11.2 Å². The van der Waals surface area contributed by atoms with Gasteiger partial charge in [0.2, 0.25) is 0 Å². The first-order valence-corrected chi connectivity index (χ1v) is 9.58. The van der Waals surface area contributed by atoms with Crippen LogP contribution in [0, 0.1) is 5.92 Å². The van der Waals surface area contributed by atoms with E-state index in [9.17, 15) is 4.79 Å².